The minimum absolute atomic E-state index is 0.200. The summed E-state index contributed by atoms with van der Waals surface area (Å²) < 4.78 is 2.08. The fourth-order valence-corrected chi connectivity index (χ4v) is 5.43. The van der Waals surface area contributed by atoms with Gasteiger partial charge in [-0.15, -0.1) is 11.3 Å². The number of benzene rings is 1. The van der Waals surface area contributed by atoms with Gasteiger partial charge >= 0.3 is 0 Å². The summed E-state index contributed by atoms with van der Waals surface area (Å²) in [6.07, 6.45) is 5.91. The van der Waals surface area contributed by atoms with E-state index in [1.165, 1.54) is 27.8 Å². The molecule has 3 aromatic rings. The molecule has 0 N–H and O–H groups in total. The Balaban J connectivity index is 1.47. The molecule has 6 heteroatoms. The van der Waals surface area contributed by atoms with E-state index in [4.69, 9.17) is 0 Å². The maximum absolute atomic E-state index is 12.9. The van der Waals surface area contributed by atoms with Crippen LogP contribution >= 0.6 is 23.1 Å². The summed E-state index contributed by atoms with van der Waals surface area (Å²) in [6.45, 7) is 5.06. The van der Waals surface area contributed by atoms with E-state index in [9.17, 15) is 4.79 Å². The summed E-state index contributed by atoms with van der Waals surface area (Å²) in [7, 11) is 0. The zero-order chi connectivity index (χ0) is 18.8. The Morgan fingerprint density at radius 3 is 3.00 bits per heavy atom. The first kappa shape index (κ1) is 18.3. The number of aromatic nitrogens is 2. The molecule has 1 amide bonds. The van der Waals surface area contributed by atoms with Crippen LogP contribution in [0.1, 0.15) is 34.9 Å². The Morgan fingerprint density at radius 2 is 2.22 bits per heavy atom. The molecule has 27 heavy (non-hydrogen) atoms. The van der Waals surface area contributed by atoms with Gasteiger partial charge in [0, 0.05) is 23.8 Å². The van der Waals surface area contributed by atoms with Crippen LogP contribution < -0.4 is 0 Å². The zero-order valence-corrected chi connectivity index (χ0v) is 17.2. The molecule has 0 bridgehead atoms. The molecule has 0 saturated carbocycles. The third kappa shape index (κ3) is 3.82. The number of imidazole rings is 1. The summed E-state index contributed by atoms with van der Waals surface area (Å²) >= 11 is 3.26. The number of carbonyl (C=O) groups is 1. The lowest BCUT2D eigenvalue weighted by Gasteiger charge is -2.23. The number of nitrogens with zero attached hydrogens (tertiary/aromatic N) is 3. The van der Waals surface area contributed by atoms with E-state index in [1.54, 1.807) is 17.5 Å². The number of carbonyl (C=O) groups excluding carboxylic acids is 1. The quantitative estimate of drug-likeness (QED) is 0.568. The molecule has 4 rings (SSSR count). The average molecular weight is 398 g/mol. The molecule has 1 aliphatic rings. The summed E-state index contributed by atoms with van der Waals surface area (Å²) in [5.74, 6) is 0.621. The number of thioether (sulfide) groups is 1. The first-order chi connectivity index (χ1) is 13.1. The van der Waals surface area contributed by atoms with Crippen molar-refractivity contribution in [3.05, 3.63) is 64.1 Å². The van der Waals surface area contributed by atoms with Gasteiger partial charge in [0.1, 0.15) is 0 Å². The summed E-state index contributed by atoms with van der Waals surface area (Å²) in [4.78, 5) is 20.7. The molecular weight excluding hydrogens is 374 g/mol. The molecule has 0 aliphatic carbocycles. The van der Waals surface area contributed by atoms with E-state index >= 15 is 0 Å². The standard InChI is InChI=1S/C21H23N3OS2/c1-15-7-8-17(16(2)13-15)24-11-9-22-21(24)27-14-20(25)23-10-3-5-18(23)19-6-4-12-26-19/h4,6-9,11-13,18H,3,5,10,14H2,1-2H3. The van der Waals surface area contributed by atoms with Crippen molar-refractivity contribution in [1.82, 2.24) is 14.5 Å². The number of hydrogen-bond acceptors (Lipinski definition) is 4. The molecular formula is C21H23N3OS2. The molecule has 3 heterocycles. The predicted octanol–water partition coefficient (Wildman–Crippen LogP) is 5.01. The van der Waals surface area contributed by atoms with Gasteiger partial charge in [-0.05, 0) is 49.8 Å². The van der Waals surface area contributed by atoms with E-state index in [0.717, 1.165) is 30.2 Å². The lowest BCUT2D eigenvalue weighted by molar-refractivity contribution is -0.129. The van der Waals surface area contributed by atoms with E-state index < -0.39 is 0 Å². The SMILES string of the molecule is Cc1ccc(-n2ccnc2SCC(=O)N2CCCC2c2cccs2)c(C)c1. The Hall–Kier alpha value is -2.05. The highest BCUT2D eigenvalue weighted by Gasteiger charge is 2.30. The number of rotatable bonds is 5. The molecule has 0 radical (unpaired) electrons. The largest absolute Gasteiger partial charge is 0.334 e. The maximum Gasteiger partial charge on any atom is 0.233 e. The summed E-state index contributed by atoms with van der Waals surface area (Å²) in [6, 6.07) is 10.9. The van der Waals surface area contributed by atoms with Crippen molar-refractivity contribution in [1.29, 1.82) is 0 Å². The van der Waals surface area contributed by atoms with Gasteiger partial charge in [-0.25, -0.2) is 4.98 Å². The van der Waals surface area contributed by atoms with Crippen LogP contribution in [-0.4, -0.2) is 32.7 Å². The van der Waals surface area contributed by atoms with E-state index in [0.29, 0.717) is 5.75 Å². The van der Waals surface area contributed by atoms with Gasteiger partial charge in [-0.2, -0.15) is 0 Å². The van der Waals surface area contributed by atoms with Crippen LogP contribution in [0.3, 0.4) is 0 Å². The van der Waals surface area contributed by atoms with Crippen LogP contribution in [0.4, 0.5) is 0 Å². The molecule has 1 aromatic carbocycles. The highest BCUT2D eigenvalue weighted by Crippen LogP contribution is 2.35. The highest BCUT2D eigenvalue weighted by molar-refractivity contribution is 7.99. The maximum atomic E-state index is 12.9. The van der Waals surface area contributed by atoms with Crippen LogP contribution in [-0.2, 0) is 4.79 Å². The van der Waals surface area contributed by atoms with Gasteiger partial charge in [0.05, 0.1) is 17.5 Å². The fraction of sp³-hybridized carbons (Fsp3) is 0.333. The number of amides is 1. The van der Waals surface area contributed by atoms with Crippen LogP contribution in [0.2, 0.25) is 0 Å². The second-order valence-corrected chi connectivity index (χ2v) is 8.84. The minimum Gasteiger partial charge on any atom is -0.334 e. The molecule has 140 valence electrons. The molecule has 1 unspecified atom stereocenters. The Labute approximate surface area is 168 Å². The fourth-order valence-electron chi connectivity index (χ4n) is 3.71. The average Bonchev–Trinajstić information content (AvgIpc) is 3.39. The van der Waals surface area contributed by atoms with Crippen molar-refractivity contribution in [2.75, 3.05) is 12.3 Å². The second kappa shape index (κ2) is 7.90. The lowest BCUT2D eigenvalue weighted by atomic mass is 10.1. The summed E-state index contributed by atoms with van der Waals surface area (Å²) in [5, 5.41) is 2.95. The third-order valence-electron chi connectivity index (χ3n) is 4.99. The van der Waals surface area contributed by atoms with Crippen molar-refractivity contribution in [2.45, 2.75) is 37.9 Å². The molecule has 1 atom stereocenters. The smallest absolute Gasteiger partial charge is 0.233 e. The van der Waals surface area contributed by atoms with Gasteiger partial charge in [-0.1, -0.05) is 35.5 Å². The van der Waals surface area contributed by atoms with Crippen LogP contribution in [0.15, 0.2) is 53.3 Å². The van der Waals surface area contributed by atoms with Crippen molar-refractivity contribution in [3.8, 4) is 5.69 Å². The van der Waals surface area contributed by atoms with Gasteiger partial charge in [0.2, 0.25) is 5.91 Å². The van der Waals surface area contributed by atoms with E-state index in [1.807, 2.05) is 11.1 Å². The molecule has 0 spiro atoms. The number of aryl methyl sites for hydroxylation is 2. The molecule has 4 nitrogen and oxygen atoms in total. The van der Waals surface area contributed by atoms with Gasteiger partial charge in [0.15, 0.2) is 5.16 Å². The molecule has 1 aliphatic heterocycles. The summed E-state index contributed by atoms with van der Waals surface area (Å²) in [5.41, 5.74) is 3.57. The van der Waals surface area contributed by atoms with E-state index in [-0.39, 0.29) is 11.9 Å². The molecule has 2 aromatic heterocycles. The van der Waals surface area contributed by atoms with Gasteiger partial charge in [-0.3, -0.25) is 9.36 Å². The van der Waals surface area contributed by atoms with Crippen LogP contribution in [0, 0.1) is 13.8 Å². The number of hydrogen-bond donors (Lipinski definition) is 0. The van der Waals surface area contributed by atoms with Crippen molar-refractivity contribution in [2.24, 2.45) is 0 Å². The predicted molar refractivity (Wildman–Crippen MR) is 112 cm³/mol. The van der Waals surface area contributed by atoms with Gasteiger partial charge < -0.3 is 4.90 Å². The topological polar surface area (TPSA) is 38.1 Å². The Morgan fingerprint density at radius 1 is 1.33 bits per heavy atom. The second-order valence-electron chi connectivity index (χ2n) is 6.92. The monoisotopic (exact) mass is 397 g/mol. The number of likely N-dealkylation sites (tertiary alicyclic amines) is 1. The third-order valence-corrected chi connectivity index (χ3v) is 6.91. The Kier molecular flexibility index (Phi) is 5.36. The normalized spacial score (nSPS) is 16.8. The highest BCUT2D eigenvalue weighted by atomic mass is 32.2. The van der Waals surface area contributed by atoms with Crippen molar-refractivity contribution < 1.29 is 4.79 Å². The zero-order valence-electron chi connectivity index (χ0n) is 15.6. The first-order valence-electron chi connectivity index (χ1n) is 9.20. The minimum atomic E-state index is 0.200. The van der Waals surface area contributed by atoms with Crippen molar-refractivity contribution >= 4 is 29.0 Å². The Bertz CT molecular complexity index is 933. The van der Waals surface area contributed by atoms with Gasteiger partial charge in [0.25, 0.3) is 0 Å². The van der Waals surface area contributed by atoms with Crippen molar-refractivity contribution in [3.63, 3.8) is 0 Å². The lowest BCUT2D eigenvalue weighted by Crippen LogP contribution is -2.31. The first-order valence-corrected chi connectivity index (χ1v) is 11.1. The molecule has 1 saturated heterocycles. The van der Waals surface area contributed by atoms with E-state index in [2.05, 4.69) is 59.1 Å². The number of thiophene rings is 1. The molecule has 1 fully saturated rings. The van der Waals surface area contributed by atoms with Crippen LogP contribution in [0.25, 0.3) is 5.69 Å². The van der Waals surface area contributed by atoms with Crippen LogP contribution in [0.5, 0.6) is 0 Å².